The predicted octanol–water partition coefficient (Wildman–Crippen LogP) is 6.63. The molecule has 0 unspecified atom stereocenters. The van der Waals surface area contributed by atoms with Crippen LogP contribution in [0.3, 0.4) is 0 Å². The quantitative estimate of drug-likeness (QED) is 0.0284. The van der Waals surface area contributed by atoms with Crippen LogP contribution in [-0.4, -0.2) is 52.6 Å². The summed E-state index contributed by atoms with van der Waals surface area (Å²) in [5.41, 5.74) is 13.9. The summed E-state index contributed by atoms with van der Waals surface area (Å²) >= 11 is 0. The zero-order valence-electron chi connectivity index (χ0n) is 25.7. The summed E-state index contributed by atoms with van der Waals surface area (Å²) in [6, 6.07) is 16.0. The molecule has 0 amide bonds. The van der Waals surface area contributed by atoms with Crippen LogP contribution in [0.4, 0.5) is 5.82 Å². The first-order valence-corrected chi connectivity index (χ1v) is 15.8. The second kappa shape index (κ2) is 19.2. The molecule has 44 heavy (non-hydrogen) atoms. The zero-order chi connectivity index (χ0) is 31.6. The van der Waals surface area contributed by atoms with Crippen molar-refractivity contribution in [3.05, 3.63) is 82.8 Å². The normalized spacial score (nSPS) is 13.0. The maximum absolute atomic E-state index is 11.8. The summed E-state index contributed by atoms with van der Waals surface area (Å²) in [5.74, 6) is -0.253. The number of rotatable bonds is 22. The van der Waals surface area contributed by atoms with Gasteiger partial charge in [0.25, 0.3) is 0 Å². The molecule has 3 aromatic rings. The number of aldehydes is 1. The number of aliphatic hydroxyl groups is 1. The fourth-order valence-electron chi connectivity index (χ4n) is 5.68. The first kappa shape index (κ1) is 34.4. The Labute approximate surface area is 260 Å². The van der Waals surface area contributed by atoms with Gasteiger partial charge in [-0.25, -0.2) is 9.79 Å². The molecule has 1 heterocycles. The van der Waals surface area contributed by atoms with Gasteiger partial charge < -0.3 is 36.8 Å². The van der Waals surface area contributed by atoms with Crippen LogP contribution < -0.4 is 11.5 Å². The topological polar surface area (TPSA) is 169 Å². The number of fused-ring (bicyclic) bond motifs is 1. The van der Waals surface area contributed by atoms with Gasteiger partial charge in [-0.15, -0.1) is 0 Å². The third kappa shape index (κ3) is 12.2. The molecule has 0 radical (unpaired) electrons. The van der Waals surface area contributed by atoms with Crippen LogP contribution in [0.2, 0.25) is 0 Å². The van der Waals surface area contributed by atoms with Gasteiger partial charge in [-0.05, 0) is 65.1 Å². The molecular formula is C35H48N5O4-. The Morgan fingerprint density at radius 1 is 0.909 bits per heavy atom. The van der Waals surface area contributed by atoms with E-state index in [1.165, 1.54) is 37.3 Å². The van der Waals surface area contributed by atoms with E-state index in [0.717, 1.165) is 61.1 Å². The minimum atomic E-state index is -1.06. The Kier molecular flexibility index (Phi) is 15.0. The number of nitrogens with one attached hydrogen (secondary N) is 1. The van der Waals surface area contributed by atoms with E-state index in [-0.39, 0.29) is 25.0 Å². The number of carboxylic acids is 1. The number of aliphatic carboxylic acids is 1. The second-order valence-corrected chi connectivity index (χ2v) is 11.4. The minimum absolute atomic E-state index is 0.0575. The van der Waals surface area contributed by atoms with Gasteiger partial charge in [0.15, 0.2) is 5.96 Å². The number of aliphatic hydroxyl groups excluding tert-OH is 1. The highest BCUT2D eigenvalue weighted by molar-refractivity contribution is 5.84. The number of carbonyl (C=O) groups excluding carboxylic acids is 1. The van der Waals surface area contributed by atoms with Crippen molar-refractivity contribution >= 4 is 34.8 Å². The number of aromatic amines is 1. The number of benzene rings is 2. The Morgan fingerprint density at radius 2 is 1.64 bits per heavy atom. The van der Waals surface area contributed by atoms with Crippen LogP contribution >= 0.6 is 0 Å². The van der Waals surface area contributed by atoms with Crippen molar-refractivity contribution in [2.24, 2.45) is 16.5 Å². The van der Waals surface area contributed by atoms with E-state index in [9.17, 15) is 14.7 Å². The Balaban J connectivity index is 1.80. The third-order valence-electron chi connectivity index (χ3n) is 8.03. The van der Waals surface area contributed by atoms with Gasteiger partial charge in [0.2, 0.25) is 0 Å². The van der Waals surface area contributed by atoms with Gasteiger partial charge in [-0.2, -0.15) is 0 Å². The monoisotopic (exact) mass is 602 g/mol. The van der Waals surface area contributed by atoms with Gasteiger partial charge in [0.05, 0.1) is 6.54 Å². The molecule has 0 bridgehead atoms. The van der Waals surface area contributed by atoms with Crippen LogP contribution in [0.15, 0.2) is 71.4 Å². The molecule has 0 aliphatic rings. The molecular weight excluding hydrogens is 554 g/mol. The summed E-state index contributed by atoms with van der Waals surface area (Å²) in [6.07, 6.45) is 15.7. The summed E-state index contributed by atoms with van der Waals surface area (Å²) in [7, 11) is 0. The fourth-order valence-corrected chi connectivity index (χ4v) is 5.68. The lowest BCUT2D eigenvalue weighted by atomic mass is 9.85. The number of hydrogen-bond donors (Lipinski definition) is 5. The van der Waals surface area contributed by atoms with Crippen molar-refractivity contribution in [3.63, 3.8) is 0 Å². The number of unbranched alkanes of at least 4 members (excludes halogenated alkanes) is 7. The largest absolute Gasteiger partial charge is 0.478 e. The van der Waals surface area contributed by atoms with E-state index >= 15 is 0 Å². The number of hydrogen-bond acceptors (Lipinski definition) is 4. The highest BCUT2D eigenvalue weighted by Gasteiger charge is 2.18. The third-order valence-corrected chi connectivity index (χ3v) is 8.03. The zero-order valence-corrected chi connectivity index (χ0v) is 25.7. The highest BCUT2D eigenvalue weighted by atomic mass is 16.4. The van der Waals surface area contributed by atoms with Gasteiger partial charge in [0.1, 0.15) is 6.29 Å². The molecule has 0 fully saturated rings. The van der Waals surface area contributed by atoms with Crippen LogP contribution in [0.1, 0.15) is 87.7 Å². The fraction of sp³-hybridized carbons (Fsp3) is 0.457. The molecule has 0 aliphatic carbocycles. The van der Waals surface area contributed by atoms with Gasteiger partial charge in [-0.3, -0.25) is 0 Å². The predicted molar refractivity (Wildman–Crippen MR) is 178 cm³/mol. The number of aromatic nitrogens is 1. The number of guanidine groups is 1. The van der Waals surface area contributed by atoms with E-state index in [1.54, 1.807) is 6.20 Å². The maximum atomic E-state index is 11.8. The van der Waals surface area contributed by atoms with Crippen molar-refractivity contribution in [2.45, 2.75) is 89.0 Å². The number of carboxylic acid groups (broad SMARTS) is 1. The van der Waals surface area contributed by atoms with E-state index in [0.29, 0.717) is 24.2 Å². The van der Waals surface area contributed by atoms with Crippen LogP contribution in [0.5, 0.6) is 0 Å². The lowest BCUT2D eigenvalue weighted by molar-refractivity contribution is -0.131. The molecule has 2 aromatic carbocycles. The summed E-state index contributed by atoms with van der Waals surface area (Å²) in [6.45, 7) is 0.331. The second-order valence-electron chi connectivity index (χ2n) is 11.4. The number of aliphatic imine (C=N–C) groups is 1. The Hall–Kier alpha value is -4.11. The van der Waals surface area contributed by atoms with E-state index in [4.69, 9.17) is 21.9 Å². The smallest absolute Gasteiger partial charge is 0.328 e. The molecule has 2 atom stereocenters. The molecule has 0 spiro atoms. The maximum Gasteiger partial charge on any atom is 0.328 e. The van der Waals surface area contributed by atoms with Gasteiger partial charge in [-0.1, -0.05) is 105 Å². The average molecular weight is 603 g/mol. The van der Waals surface area contributed by atoms with E-state index in [2.05, 4.69) is 40.3 Å². The first-order chi connectivity index (χ1) is 21.4. The molecule has 0 saturated carbocycles. The molecule has 238 valence electrons. The summed E-state index contributed by atoms with van der Waals surface area (Å²) in [5, 5.41) is 25.7. The summed E-state index contributed by atoms with van der Waals surface area (Å²) < 4.78 is 0. The Bertz CT molecular complexity index is 1350. The highest BCUT2D eigenvalue weighted by Crippen LogP contribution is 2.34. The molecule has 0 saturated heterocycles. The van der Waals surface area contributed by atoms with Crippen LogP contribution in [0, 0.1) is 0 Å². The first-order valence-electron chi connectivity index (χ1n) is 15.8. The SMILES string of the molecule is NC(N)=NC/C(=C\C(=O)O)[C@H](CC[C@H](CCCCCCCCCCO)c1ccc2ccc(CC=O)cc2c1)[N-]c1ccc[nH]1. The lowest BCUT2D eigenvalue weighted by Crippen LogP contribution is -2.24. The standard InChI is InChI=1S/C35H48N5O4/c36-35(37)39-25-31(24-34(43)44)32(40-33-11-9-19-38-33)17-16-27(10-7-5-3-1-2-4-6-8-20-41)29-15-14-28-13-12-26(18-21-42)22-30(28)23-29/h9,11-15,19,21-24,27,32,38,41H,1-8,10,16-18,20,25H2,(H,43,44)(H4,36,37,39)/q-1/b31-24+/t27-,32-/m0/s1. The van der Waals surface area contributed by atoms with Gasteiger partial charge in [0, 0.05) is 19.1 Å². The van der Waals surface area contributed by atoms with Crippen molar-refractivity contribution in [3.8, 4) is 0 Å². The van der Waals surface area contributed by atoms with Crippen molar-refractivity contribution in [1.29, 1.82) is 0 Å². The van der Waals surface area contributed by atoms with E-state index in [1.807, 2.05) is 18.2 Å². The number of carbonyl (C=O) groups is 2. The van der Waals surface area contributed by atoms with Crippen LogP contribution in [0.25, 0.3) is 16.1 Å². The minimum Gasteiger partial charge on any atom is -0.478 e. The van der Waals surface area contributed by atoms with Crippen molar-refractivity contribution in [1.82, 2.24) is 4.98 Å². The van der Waals surface area contributed by atoms with Crippen molar-refractivity contribution in [2.75, 3.05) is 13.2 Å². The van der Waals surface area contributed by atoms with Gasteiger partial charge >= 0.3 is 5.97 Å². The number of nitrogens with two attached hydrogens (primary N) is 2. The summed E-state index contributed by atoms with van der Waals surface area (Å²) in [4.78, 5) is 30.1. The molecule has 1 aromatic heterocycles. The molecule has 7 N–H and O–H groups in total. The van der Waals surface area contributed by atoms with E-state index < -0.39 is 12.0 Å². The molecule has 3 rings (SSSR count). The number of nitrogens with zero attached hydrogens (tertiary/aromatic N) is 2. The number of H-pyrrole nitrogens is 1. The molecule has 9 heteroatoms. The Morgan fingerprint density at radius 3 is 2.30 bits per heavy atom. The van der Waals surface area contributed by atoms with Crippen LogP contribution in [-0.2, 0) is 16.0 Å². The van der Waals surface area contributed by atoms with Crippen molar-refractivity contribution < 1.29 is 19.8 Å². The molecule has 9 nitrogen and oxygen atoms in total. The molecule has 0 aliphatic heterocycles. The lowest BCUT2D eigenvalue weighted by Gasteiger charge is -2.29. The average Bonchev–Trinajstić information content (AvgIpc) is 3.52.